The van der Waals surface area contributed by atoms with Crippen molar-refractivity contribution in [1.82, 2.24) is 14.6 Å². The standard InChI is InChI=1S/C16H13N3O2S/c1-2-8-4-3-5-10-11-6-9(20)7-12(21)13(11)15-17-18-16(22)19(15)14(8)10/h3-7,20-21H,2H2,1H3,(H,18,22). The molecule has 0 saturated carbocycles. The fraction of sp³-hybridized carbons (Fsp3) is 0.125. The SMILES string of the molecule is CCc1cccc2c3cc(O)cc(O)c3c3nnc(S)n3c12. The zero-order valence-corrected chi connectivity index (χ0v) is 12.7. The Morgan fingerprint density at radius 1 is 1.14 bits per heavy atom. The molecule has 0 spiro atoms. The number of benzene rings is 2. The van der Waals surface area contributed by atoms with Crippen LogP contribution in [-0.4, -0.2) is 24.8 Å². The van der Waals surface area contributed by atoms with E-state index in [1.807, 2.05) is 22.6 Å². The molecule has 110 valence electrons. The lowest BCUT2D eigenvalue weighted by atomic mass is 10.0. The van der Waals surface area contributed by atoms with Crippen molar-refractivity contribution in [2.24, 2.45) is 0 Å². The van der Waals surface area contributed by atoms with Crippen molar-refractivity contribution in [2.45, 2.75) is 18.5 Å². The zero-order valence-electron chi connectivity index (χ0n) is 11.8. The zero-order chi connectivity index (χ0) is 15.4. The van der Waals surface area contributed by atoms with Gasteiger partial charge in [-0.15, -0.1) is 22.8 Å². The first-order valence-corrected chi connectivity index (χ1v) is 7.40. The van der Waals surface area contributed by atoms with E-state index in [0.29, 0.717) is 16.2 Å². The Bertz CT molecular complexity index is 1060. The number of thiol groups is 1. The van der Waals surface area contributed by atoms with Gasteiger partial charge in [0.25, 0.3) is 0 Å². The van der Waals surface area contributed by atoms with Crippen molar-refractivity contribution < 1.29 is 10.2 Å². The van der Waals surface area contributed by atoms with Gasteiger partial charge in [-0.2, -0.15) is 0 Å². The summed E-state index contributed by atoms with van der Waals surface area (Å²) < 4.78 is 1.84. The third kappa shape index (κ3) is 1.61. The van der Waals surface area contributed by atoms with Crippen LogP contribution in [0.2, 0.25) is 0 Å². The molecule has 2 N–H and O–H groups in total. The van der Waals surface area contributed by atoms with E-state index in [4.69, 9.17) is 0 Å². The van der Waals surface area contributed by atoms with Crippen LogP contribution in [0.1, 0.15) is 12.5 Å². The highest BCUT2D eigenvalue weighted by Crippen LogP contribution is 2.38. The summed E-state index contributed by atoms with van der Waals surface area (Å²) in [5.74, 6) is -0.00676. The summed E-state index contributed by atoms with van der Waals surface area (Å²) in [5, 5.41) is 31.0. The molecule has 5 nitrogen and oxygen atoms in total. The third-order valence-corrected chi connectivity index (χ3v) is 4.28. The van der Waals surface area contributed by atoms with Gasteiger partial charge in [0.15, 0.2) is 10.8 Å². The van der Waals surface area contributed by atoms with Crippen molar-refractivity contribution in [1.29, 1.82) is 0 Å². The largest absolute Gasteiger partial charge is 0.508 e. The smallest absolute Gasteiger partial charge is 0.193 e. The molecular weight excluding hydrogens is 298 g/mol. The first-order valence-electron chi connectivity index (χ1n) is 6.95. The van der Waals surface area contributed by atoms with Crippen LogP contribution in [0.3, 0.4) is 0 Å². The molecule has 2 aromatic carbocycles. The molecule has 22 heavy (non-hydrogen) atoms. The highest BCUT2D eigenvalue weighted by atomic mass is 32.1. The molecule has 0 saturated heterocycles. The Morgan fingerprint density at radius 2 is 1.95 bits per heavy atom. The van der Waals surface area contributed by atoms with Crippen LogP contribution >= 0.6 is 12.6 Å². The van der Waals surface area contributed by atoms with Crippen molar-refractivity contribution in [3.63, 3.8) is 0 Å². The van der Waals surface area contributed by atoms with Gasteiger partial charge in [-0.3, -0.25) is 4.40 Å². The van der Waals surface area contributed by atoms with Gasteiger partial charge in [-0.05, 0) is 18.1 Å². The number of aryl methyl sites for hydroxylation is 1. The predicted octanol–water partition coefficient (Wildman–Crippen LogP) is 3.30. The minimum atomic E-state index is -0.0236. The van der Waals surface area contributed by atoms with Crippen LogP contribution in [-0.2, 0) is 6.42 Å². The van der Waals surface area contributed by atoms with Gasteiger partial charge in [0, 0.05) is 16.8 Å². The summed E-state index contributed by atoms with van der Waals surface area (Å²) in [7, 11) is 0. The molecule has 0 atom stereocenters. The Labute approximate surface area is 131 Å². The molecule has 0 bridgehead atoms. The van der Waals surface area contributed by atoms with E-state index in [2.05, 4.69) is 29.7 Å². The van der Waals surface area contributed by atoms with Crippen LogP contribution in [0.5, 0.6) is 11.5 Å². The minimum absolute atomic E-state index is 0.0168. The van der Waals surface area contributed by atoms with Crippen molar-refractivity contribution in [3.8, 4) is 11.5 Å². The Kier molecular flexibility index (Phi) is 2.71. The second-order valence-electron chi connectivity index (χ2n) is 5.21. The summed E-state index contributed by atoms with van der Waals surface area (Å²) in [5.41, 5.74) is 2.61. The van der Waals surface area contributed by atoms with Crippen LogP contribution in [0, 0.1) is 0 Å². The van der Waals surface area contributed by atoms with E-state index in [0.717, 1.165) is 28.3 Å². The number of hydrogen-bond acceptors (Lipinski definition) is 5. The number of rotatable bonds is 1. The van der Waals surface area contributed by atoms with Gasteiger partial charge in [-0.1, -0.05) is 25.1 Å². The van der Waals surface area contributed by atoms with E-state index in [-0.39, 0.29) is 11.5 Å². The molecule has 4 aromatic rings. The average molecular weight is 311 g/mol. The van der Waals surface area contributed by atoms with E-state index >= 15 is 0 Å². The van der Waals surface area contributed by atoms with Crippen LogP contribution in [0.15, 0.2) is 35.5 Å². The number of phenolic OH excluding ortho intramolecular Hbond substituents is 2. The third-order valence-electron chi connectivity index (χ3n) is 3.99. The maximum absolute atomic E-state index is 10.3. The van der Waals surface area contributed by atoms with Crippen LogP contribution in [0.25, 0.3) is 27.3 Å². The number of para-hydroxylation sites is 1. The maximum Gasteiger partial charge on any atom is 0.193 e. The normalized spacial score (nSPS) is 11.7. The number of aromatic nitrogens is 3. The molecular formula is C16H13N3O2S. The minimum Gasteiger partial charge on any atom is -0.508 e. The van der Waals surface area contributed by atoms with Gasteiger partial charge in [0.1, 0.15) is 11.5 Å². The first-order chi connectivity index (χ1) is 10.6. The van der Waals surface area contributed by atoms with Gasteiger partial charge in [0.05, 0.1) is 10.9 Å². The second-order valence-corrected chi connectivity index (χ2v) is 5.61. The summed E-state index contributed by atoms with van der Waals surface area (Å²) >= 11 is 4.40. The van der Waals surface area contributed by atoms with Crippen molar-refractivity contribution >= 4 is 40.0 Å². The fourth-order valence-corrected chi connectivity index (χ4v) is 3.30. The molecule has 0 unspecified atom stereocenters. The highest BCUT2D eigenvalue weighted by Gasteiger charge is 2.18. The average Bonchev–Trinajstić information content (AvgIpc) is 2.88. The second kappa shape index (κ2) is 4.51. The molecule has 0 aliphatic heterocycles. The molecule has 2 aromatic heterocycles. The summed E-state index contributed by atoms with van der Waals surface area (Å²) in [6, 6.07) is 8.93. The summed E-state index contributed by atoms with van der Waals surface area (Å²) in [6.07, 6.45) is 0.841. The number of pyridine rings is 1. The molecule has 0 aliphatic rings. The van der Waals surface area contributed by atoms with E-state index < -0.39 is 0 Å². The van der Waals surface area contributed by atoms with Gasteiger partial charge < -0.3 is 10.2 Å². The number of hydrogen-bond donors (Lipinski definition) is 3. The maximum atomic E-state index is 10.3. The lowest BCUT2D eigenvalue weighted by molar-refractivity contribution is 0.455. The summed E-state index contributed by atoms with van der Waals surface area (Å²) in [6.45, 7) is 2.08. The number of aromatic hydroxyl groups is 2. The fourth-order valence-electron chi connectivity index (χ4n) is 3.06. The highest BCUT2D eigenvalue weighted by molar-refractivity contribution is 7.80. The topological polar surface area (TPSA) is 70.7 Å². The molecule has 4 rings (SSSR count). The van der Waals surface area contributed by atoms with Crippen molar-refractivity contribution in [3.05, 3.63) is 35.9 Å². The molecule has 0 radical (unpaired) electrons. The summed E-state index contributed by atoms with van der Waals surface area (Å²) in [4.78, 5) is 0. The Balaban J connectivity index is 2.45. The number of nitrogens with zero attached hydrogens (tertiary/aromatic N) is 3. The Morgan fingerprint density at radius 3 is 2.73 bits per heavy atom. The number of phenols is 2. The van der Waals surface area contributed by atoms with E-state index in [1.54, 1.807) is 6.07 Å². The number of fused-ring (bicyclic) bond motifs is 6. The van der Waals surface area contributed by atoms with Gasteiger partial charge in [-0.25, -0.2) is 0 Å². The predicted molar refractivity (Wildman–Crippen MR) is 88.0 cm³/mol. The molecule has 0 amide bonds. The van der Waals surface area contributed by atoms with Gasteiger partial charge in [0.2, 0.25) is 0 Å². The lowest BCUT2D eigenvalue weighted by Gasteiger charge is -2.12. The Hall–Kier alpha value is -2.47. The van der Waals surface area contributed by atoms with Crippen LogP contribution < -0.4 is 0 Å². The first kappa shape index (κ1) is 13.2. The van der Waals surface area contributed by atoms with Crippen LogP contribution in [0.4, 0.5) is 0 Å². The monoisotopic (exact) mass is 311 g/mol. The molecule has 0 fully saturated rings. The molecule has 2 heterocycles. The van der Waals surface area contributed by atoms with Gasteiger partial charge >= 0.3 is 0 Å². The quantitative estimate of drug-likeness (QED) is 0.372. The lowest BCUT2D eigenvalue weighted by Crippen LogP contribution is -1.96. The van der Waals surface area contributed by atoms with E-state index in [1.165, 1.54) is 6.07 Å². The molecule has 6 heteroatoms. The molecule has 0 aliphatic carbocycles. The van der Waals surface area contributed by atoms with E-state index in [9.17, 15) is 10.2 Å². The van der Waals surface area contributed by atoms with Crippen molar-refractivity contribution in [2.75, 3.05) is 0 Å².